The molecule has 6 heterocycles. The lowest BCUT2D eigenvalue weighted by Crippen LogP contribution is -1.86. The minimum Gasteiger partial charge on any atom is -0.255 e. The summed E-state index contributed by atoms with van der Waals surface area (Å²) in [6.45, 7) is 0. The summed E-state index contributed by atoms with van der Waals surface area (Å²) >= 11 is 0. The molecule has 0 aliphatic rings. The number of rotatable bonds is 3. The van der Waals surface area contributed by atoms with Crippen molar-refractivity contribution in [2.75, 3.05) is 0 Å². The highest BCUT2D eigenvalue weighted by molar-refractivity contribution is 5.56. The Labute approximate surface area is 222 Å². The van der Waals surface area contributed by atoms with E-state index in [1.54, 1.807) is 43.2 Å². The quantitative estimate of drug-likeness (QED) is 0.266. The van der Waals surface area contributed by atoms with E-state index >= 15 is 0 Å². The molecule has 38 heavy (non-hydrogen) atoms. The molecule has 0 unspecified atom stereocenters. The topological polar surface area (TPSA) is 77.3 Å². The SMILES string of the molecule is C#Cc1ccnc(-c2ccccn2)c1.c1ccc(-c2ccccn2)nc1.c1ccc(-c2ccccn2)nc1. The Morgan fingerprint density at radius 2 is 0.684 bits per heavy atom. The highest BCUT2D eigenvalue weighted by Gasteiger charge is 1.99. The van der Waals surface area contributed by atoms with Crippen molar-refractivity contribution in [1.82, 2.24) is 29.9 Å². The summed E-state index contributed by atoms with van der Waals surface area (Å²) in [7, 11) is 0. The maximum atomic E-state index is 5.30. The first-order valence-electron chi connectivity index (χ1n) is 11.8. The van der Waals surface area contributed by atoms with Crippen LogP contribution in [0.3, 0.4) is 0 Å². The van der Waals surface area contributed by atoms with Crippen LogP contribution < -0.4 is 0 Å². The summed E-state index contributed by atoms with van der Waals surface area (Å²) in [5, 5.41) is 0. The number of pyridine rings is 6. The van der Waals surface area contributed by atoms with Gasteiger partial charge in [-0.1, -0.05) is 36.3 Å². The third-order valence-electron chi connectivity index (χ3n) is 5.04. The van der Waals surface area contributed by atoms with Crippen molar-refractivity contribution in [3.05, 3.63) is 146 Å². The van der Waals surface area contributed by atoms with E-state index in [-0.39, 0.29) is 0 Å². The van der Waals surface area contributed by atoms with E-state index in [0.717, 1.165) is 39.7 Å². The van der Waals surface area contributed by atoms with Gasteiger partial charge in [-0.25, -0.2) is 0 Å². The minimum absolute atomic E-state index is 0.807. The van der Waals surface area contributed by atoms with Gasteiger partial charge in [0.15, 0.2) is 0 Å². The van der Waals surface area contributed by atoms with Crippen molar-refractivity contribution >= 4 is 0 Å². The number of terminal acetylenes is 1. The lowest BCUT2D eigenvalue weighted by atomic mass is 10.2. The van der Waals surface area contributed by atoms with Crippen molar-refractivity contribution < 1.29 is 0 Å². The Hall–Kier alpha value is -5.54. The van der Waals surface area contributed by atoms with Crippen LogP contribution in [0, 0.1) is 12.3 Å². The molecule has 0 spiro atoms. The summed E-state index contributed by atoms with van der Waals surface area (Å²) in [5.74, 6) is 2.57. The predicted octanol–water partition coefficient (Wildman–Crippen LogP) is 6.41. The molecule has 0 N–H and O–H groups in total. The molecule has 0 radical (unpaired) electrons. The van der Waals surface area contributed by atoms with Crippen LogP contribution in [0.25, 0.3) is 34.2 Å². The third-order valence-corrected chi connectivity index (χ3v) is 5.04. The smallest absolute Gasteiger partial charge is 0.0898 e. The molecule has 6 aromatic heterocycles. The molecule has 0 saturated heterocycles. The number of aromatic nitrogens is 6. The van der Waals surface area contributed by atoms with Gasteiger partial charge < -0.3 is 0 Å². The first-order chi connectivity index (χ1) is 18.8. The molecule has 0 amide bonds. The maximum absolute atomic E-state index is 5.30. The number of hydrogen-bond donors (Lipinski definition) is 0. The zero-order valence-electron chi connectivity index (χ0n) is 20.5. The van der Waals surface area contributed by atoms with Gasteiger partial charge in [0, 0.05) is 42.7 Å². The molecule has 0 atom stereocenters. The van der Waals surface area contributed by atoms with Crippen LogP contribution in [-0.4, -0.2) is 29.9 Å². The zero-order valence-corrected chi connectivity index (χ0v) is 20.5. The summed E-state index contributed by atoms with van der Waals surface area (Å²) < 4.78 is 0. The normalized spacial score (nSPS) is 9.55. The summed E-state index contributed by atoms with van der Waals surface area (Å²) in [5.41, 5.74) is 6.12. The summed E-state index contributed by atoms with van der Waals surface area (Å²) in [6.07, 6.45) is 15.8. The lowest BCUT2D eigenvalue weighted by molar-refractivity contribution is 1.24. The van der Waals surface area contributed by atoms with Crippen molar-refractivity contribution in [3.63, 3.8) is 0 Å². The van der Waals surface area contributed by atoms with Crippen LogP contribution in [0.1, 0.15) is 5.56 Å². The van der Waals surface area contributed by atoms with Gasteiger partial charge in [-0.05, 0) is 72.8 Å². The van der Waals surface area contributed by atoms with Gasteiger partial charge in [0.1, 0.15) is 0 Å². The molecular formula is C32H24N6. The summed E-state index contributed by atoms with van der Waals surface area (Å²) in [6, 6.07) is 32.5. The minimum atomic E-state index is 0.807. The monoisotopic (exact) mass is 492 g/mol. The van der Waals surface area contributed by atoms with Crippen molar-refractivity contribution in [1.29, 1.82) is 0 Å². The van der Waals surface area contributed by atoms with Crippen LogP contribution in [0.4, 0.5) is 0 Å². The molecule has 6 nitrogen and oxygen atoms in total. The molecule has 0 aliphatic carbocycles. The largest absolute Gasteiger partial charge is 0.255 e. The molecular weight excluding hydrogens is 468 g/mol. The Bertz CT molecular complexity index is 1390. The van der Waals surface area contributed by atoms with E-state index < -0.39 is 0 Å². The molecule has 6 rings (SSSR count). The fourth-order valence-electron chi connectivity index (χ4n) is 3.23. The van der Waals surface area contributed by atoms with E-state index in [2.05, 4.69) is 35.8 Å². The van der Waals surface area contributed by atoms with Gasteiger partial charge in [0.25, 0.3) is 0 Å². The lowest BCUT2D eigenvalue weighted by Gasteiger charge is -1.98. The molecule has 0 fully saturated rings. The van der Waals surface area contributed by atoms with Gasteiger partial charge in [0.05, 0.1) is 34.2 Å². The van der Waals surface area contributed by atoms with E-state index in [1.807, 2.05) is 97.1 Å². The van der Waals surface area contributed by atoms with E-state index in [0.29, 0.717) is 0 Å². The Kier molecular flexibility index (Phi) is 9.50. The highest BCUT2D eigenvalue weighted by Crippen LogP contribution is 2.14. The number of hydrogen-bond acceptors (Lipinski definition) is 6. The molecule has 0 aromatic carbocycles. The predicted molar refractivity (Wildman–Crippen MR) is 150 cm³/mol. The fourth-order valence-corrected chi connectivity index (χ4v) is 3.23. The van der Waals surface area contributed by atoms with Crippen molar-refractivity contribution in [2.45, 2.75) is 0 Å². The Balaban J connectivity index is 0.000000133. The van der Waals surface area contributed by atoms with E-state index in [9.17, 15) is 0 Å². The van der Waals surface area contributed by atoms with Crippen LogP contribution in [-0.2, 0) is 0 Å². The average Bonchev–Trinajstić information content (AvgIpc) is 3.04. The second-order valence-electron chi connectivity index (χ2n) is 7.65. The van der Waals surface area contributed by atoms with Crippen LogP contribution in [0.15, 0.2) is 140 Å². The van der Waals surface area contributed by atoms with Gasteiger partial charge in [-0.15, -0.1) is 6.42 Å². The first kappa shape index (κ1) is 25.5. The van der Waals surface area contributed by atoms with Gasteiger partial charge in [-0.3, -0.25) is 29.9 Å². The zero-order chi connectivity index (χ0) is 26.3. The van der Waals surface area contributed by atoms with Crippen molar-refractivity contribution in [3.8, 4) is 46.5 Å². The molecule has 0 aliphatic heterocycles. The van der Waals surface area contributed by atoms with Crippen LogP contribution >= 0.6 is 0 Å². The average molecular weight is 493 g/mol. The highest BCUT2D eigenvalue weighted by atomic mass is 14.8. The standard InChI is InChI=1S/C12H8N2.2C10H8N2/c1-2-10-6-8-14-12(9-10)11-5-3-4-7-13-11;2*1-3-7-11-9(5-1)10-6-2-4-8-12-10/h1,3-9H;2*1-8H. The van der Waals surface area contributed by atoms with E-state index in [1.165, 1.54) is 0 Å². The first-order valence-corrected chi connectivity index (χ1v) is 11.8. The van der Waals surface area contributed by atoms with Gasteiger partial charge >= 0.3 is 0 Å². The van der Waals surface area contributed by atoms with Crippen LogP contribution in [0.5, 0.6) is 0 Å². The molecule has 182 valence electrons. The van der Waals surface area contributed by atoms with Crippen molar-refractivity contribution in [2.24, 2.45) is 0 Å². The molecule has 6 aromatic rings. The van der Waals surface area contributed by atoms with Crippen LogP contribution in [0.2, 0.25) is 0 Å². The maximum Gasteiger partial charge on any atom is 0.0898 e. The third kappa shape index (κ3) is 7.74. The summed E-state index contributed by atoms with van der Waals surface area (Å²) in [4.78, 5) is 25.1. The number of nitrogens with zero attached hydrogens (tertiary/aromatic N) is 6. The fraction of sp³-hybridized carbons (Fsp3) is 0. The second-order valence-corrected chi connectivity index (χ2v) is 7.65. The van der Waals surface area contributed by atoms with Gasteiger partial charge in [-0.2, -0.15) is 0 Å². The molecule has 0 bridgehead atoms. The molecule has 6 heteroatoms. The Morgan fingerprint density at radius 3 is 0.974 bits per heavy atom. The Morgan fingerprint density at radius 1 is 0.368 bits per heavy atom. The van der Waals surface area contributed by atoms with Gasteiger partial charge in [0.2, 0.25) is 0 Å². The van der Waals surface area contributed by atoms with E-state index in [4.69, 9.17) is 6.42 Å². The second kappa shape index (κ2) is 14.1. The molecule has 0 saturated carbocycles.